The van der Waals surface area contributed by atoms with Crippen molar-refractivity contribution in [2.45, 2.75) is 44.6 Å². The Balaban J connectivity index is 2.08. The molecule has 1 heterocycles. The molecular weight excluding hydrogens is 483 g/mol. The molecule has 0 N–H and O–H groups in total. The normalized spacial score (nSPS) is 17.6. The van der Waals surface area contributed by atoms with Gasteiger partial charge in [0.1, 0.15) is 0 Å². The van der Waals surface area contributed by atoms with E-state index in [1.54, 1.807) is 42.5 Å². The number of aryl methyl sites for hydroxylation is 1. The van der Waals surface area contributed by atoms with Crippen LogP contribution in [0.3, 0.4) is 0 Å². The lowest BCUT2D eigenvalue weighted by Crippen LogP contribution is -2.42. The maximum Gasteiger partial charge on any atom is 0.333 e. The average molecular weight is 509 g/mol. The van der Waals surface area contributed by atoms with Gasteiger partial charge in [-0.3, -0.25) is 0 Å². The minimum absolute atomic E-state index is 0.139. The molecule has 9 heteroatoms. The van der Waals surface area contributed by atoms with Gasteiger partial charge in [-0.05, 0) is 49.6 Å². The number of esters is 1. The number of carbonyl (C=O) groups is 1. The number of ether oxygens (including phenoxy) is 1. The molecule has 0 fully saturated rings. The first kappa shape index (κ1) is 25.3. The Hall–Kier alpha value is -2.35. The first-order valence-electron chi connectivity index (χ1n) is 10.3. The zero-order valence-electron chi connectivity index (χ0n) is 18.9. The van der Waals surface area contributed by atoms with Gasteiger partial charge in [0.2, 0.25) is 0 Å². The van der Waals surface area contributed by atoms with E-state index >= 15 is 0 Å². The molecule has 0 radical (unpaired) electrons. The number of halogens is 2. The fourth-order valence-electron chi connectivity index (χ4n) is 3.87. The second-order valence-corrected chi connectivity index (χ2v) is 11.1. The third kappa shape index (κ3) is 4.95. The summed E-state index contributed by atoms with van der Waals surface area (Å²) in [6.45, 7) is 9.50. The Morgan fingerprint density at radius 1 is 1.15 bits per heavy atom. The van der Waals surface area contributed by atoms with Crippen LogP contribution in [-0.2, 0) is 19.6 Å². The van der Waals surface area contributed by atoms with Gasteiger partial charge >= 0.3 is 5.97 Å². The predicted molar refractivity (Wildman–Crippen MR) is 131 cm³/mol. The zero-order valence-corrected chi connectivity index (χ0v) is 21.3. The van der Waals surface area contributed by atoms with Crippen molar-refractivity contribution >= 4 is 44.9 Å². The van der Waals surface area contributed by atoms with Crippen molar-refractivity contribution in [3.8, 4) is 0 Å². The first-order chi connectivity index (χ1) is 15.4. The fraction of sp³-hybridized carbons (Fsp3) is 0.333. The van der Waals surface area contributed by atoms with Gasteiger partial charge in [-0.2, -0.15) is 17.9 Å². The van der Waals surface area contributed by atoms with Crippen LogP contribution >= 0.6 is 23.2 Å². The second-order valence-electron chi connectivity index (χ2n) is 8.54. The lowest BCUT2D eigenvalue weighted by Gasteiger charge is -2.32. The topological polar surface area (TPSA) is 76.0 Å². The van der Waals surface area contributed by atoms with Crippen molar-refractivity contribution in [1.82, 2.24) is 4.41 Å². The van der Waals surface area contributed by atoms with Crippen LogP contribution in [0.1, 0.15) is 37.8 Å². The molecule has 176 valence electrons. The summed E-state index contributed by atoms with van der Waals surface area (Å²) < 4.78 is 33.2. The molecular formula is C24H26Cl2N2O4S. The quantitative estimate of drug-likeness (QED) is 0.359. The standard InChI is InChI=1S/C24H26Cl2N2O4S/c1-15-6-10-18(11-7-15)33(30,31)28-21(13-8-16(2)23(29)32-5)24(3,4)22(27-28)17-9-12-19(25)20(26)14-17/h6-7,9-12,14,21H,2,8,13H2,1,3-5H3/t21-/m0/s1. The lowest BCUT2D eigenvalue weighted by molar-refractivity contribution is -0.136. The SMILES string of the molecule is C=C(CC[C@@H]1N(S(=O)(=O)c2ccc(C)cc2)N=C(c2ccc(Cl)c(Cl)c2)C1(C)C)C(=O)OC. The molecule has 0 spiro atoms. The zero-order chi connectivity index (χ0) is 24.6. The van der Waals surface area contributed by atoms with E-state index in [1.165, 1.54) is 7.11 Å². The van der Waals surface area contributed by atoms with Crippen LogP contribution in [-0.4, -0.2) is 37.7 Å². The van der Waals surface area contributed by atoms with Gasteiger partial charge in [-0.15, -0.1) is 0 Å². The molecule has 0 amide bonds. The highest BCUT2D eigenvalue weighted by Gasteiger charge is 2.49. The highest BCUT2D eigenvalue weighted by Crippen LogP contribution is 2.43. The maximum absolute atomic E-state index is 13.6. The Labute approximate surface area is 204 Å². The van der Waals surface area contributed by atoms with Crippen molar-refractivity contribution in [3.63, 3.8) is 0 Å². The van der Waals surface area contributed by atoms with Crippen LogP contribution in [0.4, 0.5) is 0 Å². The molecule has 0 saturated heterocycles. The summed E-state index contributed by atoms with van der Waals surface area (Å²) in [6.07, 6.45) is 0.575. The highest BCUT2D eigenvalue weighted by molar-refractivity contribution is 7.89. The molecule has 2 aromatic carbocycles. The Kier molecular flexibility index (Phi) is 7.27. The first-order valence-corrected chi connectivity index (χ1v) is 12.5. The summed E-state index contributed by atoms with van der Waals surface area (Å²) in [5, 5.41) is 5.34. The molecule has 2 aromatic rings. The third-order valence-corrected chi connectivity index (χ3v) is 8.30. The summed E-state index contributed by atoms with van der Waals surface area (Å²) in [7, 11) is -2.68. The van der Waals surface area contributed by atoms with Crippen LogP contribution in [0.15, 0.2) is 64.6 Å². The molecule has 0 saturated carbocycles. The van der Waals surface area contributed by atoms with E-state index in [4.69, 9.17) is 27.9 Å². The van der Waals surface area contributed by atoms with Crippen molar-refractivity contribution in [2.24, 2.45) is 10.5 Å². The molecule has 6 nitrogen and oxygen atoms in total. The largest absolute Gasteiger partial charge is 0.466 e. The summed E-state index contributed by atoms with van der Waals surface area (Å²) in [5.74, 6) is -0.524. The fourth-order valence-corrected chi connectivity index (χ4v) is 5.76. The van der Waals surface area contributed by atoms with E-state index in [1.807, 2.05) is 20.8 Å². The third-order valence-electron chi connectivity index (χ3n) is 5.86. The van der Waals surface area contributed by atoms with E-state index in [0.717, 1.165) is 9.98 Å². The summed E-state index contributed by atoms with van der Waals surface area (Å²) in [6, 6.07) is 11.1. The van der Waals surface area contributed by atoms with Crippen molar-refractivity contribution < 1.29 is 17.9 Å². The van der Waals surface area contributed by atoms with E-state index in [9.17, 15) is 13.2 Å². The van der Waals surface area contributed by atoms with E-state index in [2.05, 4.69) is 11.7 Å². The number of hydrogen-bond donors (Lipinski definition) is 0. The van der Waals surface area contributed by atoms with E-state index in [0.29, 0.717) is 27.7 Å². The molecule has 1 aliphatic rings. The molecule has 0 bridgehead atoms. The number of carbonyl (C=O) groups excluding carboxylic acids is 1. The predicted octanol–water partition coefficient (Wildman–Crippen LogP) is 5.61. The number of sulfonamides is 1. The average Bonchev–Trinajstić information content (AvgIpc) is 3.04. The number of rotatable bonds is 7. The Morgan fingerprint density at radius 3 is 2.36 bits per heavy atom. The smallest absolute Gasteiger partial charge is 0.333 e. The van der Waals surface area contributed by atoms with Crippen LogP contribution in [0.5, 0.6) is 0 Å². The van der Waals surface area contributed by atoms with Crippen molar-refractivity contribution in [1.29, 1.82) is 0 Å². The Morgan fingerprint density at radius 2 is 1.79 bits per heavy atom. The molecule has 0 aliphatic carbocycles. The molecule has 3 rings (SSSR count). The highest BCUT2D eigenvalue weighted by atomic mass is 35.5. The van der Waals surface area contributed by atoms with Gasteiger partial charge in [-0.25, -0.2) is 4.79 Å². The van der Waals surface area contributed by atoms with Gasteiger partial charge in [-0.1, -0.05) is 67.4 Å². The number of nitrogens with zero attached hydrogens (tertiary/aromatic N) is 2. The van der Waals surface area contributed by atoms with Crippen LogP contribution in [0.2, 0.25) is 10.0 Å². The van der Waals surface area contributed by atoms with Gasteiger partial charge in [0.25, 0.3) is 10.0 Å². The summed E-state index contributed by atoms with van der Waals surface area (Å²) in [5.41, 5.74) is 1.74. The maximum atomic E-state index is 13.6. The minimum Gasteiger partial charge on any atom is -0.466 e. The van der Waals surface area contributed by atoms with Crippen molar-refractivity contribution in [2.75, 3.05) is 7.11 Å². The van der Waals surface area contributed by atoms with Crippen molar-refractivity contribution in [3.05, 3.63) is 75.8 Å². The molecule has 0 unspecified atom stereocenters. The molecule has 1 atom stereocenters. The molecule has 33 heavy (non-hydrogen) atoms. The number of hydrogen-bond acceptors (Lipinski definition) is 5. The monoisotopic (exact) mass is 508 g/mol. The van der Waals surface area contributed by atoms with E-state index < -0.39 is 27.4 Å². The van der Waals surface area contributed by atoms with E-state index in [-0.39, 0.29) is 16.9 Å². The van der Waals surface area contributed by atoms with Gasteiger partial charge in [0.05, 0.1) is 33.8 Å². The number of benzene rings is 2. The van der Waals surface area contributed by atoms with Gasteiger partial charge in [0, 0.05) is 11.0 Å². The molecule has 1 aliphatic heterocycles. The summed E-state index contributed by atoms with van der Waals surface area (Å²) in [4.78, 5) is 12.0. The van der Waals surface area contributed by atoms with Gasteiger partial charge < -0.3 is 4.74 Å². The van der Waals surface area contributed by atoms with Crippen LogP contribution < -0.4 is 0 Å². The number of hydrazone groups is 1. The lowest BCUT2D eigenvalue weighted by atomic mass is 9.76. The van der Waals surface area contributed by atoms with Crippen LogP contribution in [0.25, 0.3) is 0 Å². The minimum atomic E-state index is -3.97. The van der Waals surface area contributed by atoms with Gasteiger partial charge in [0.15, 0.2) is 0 Å². The Bertz CT molecular complexity index is 1220. The molecule has 0 aromatic heterocycles. The summed E-state index contributed by atoms with van der Waals surface area (Å²) >= 11 is 12.3. The van der Waals surface area contributed by atoms with Crippen LogP contribution in [0, 0.1) is 12.3 Å². The number of methoxy groups -OCH3 is 1. The second kappa shape index (κ2) is 9.49.